The number of alkyl halides is 3. The average Bonchev–Trinajstić information content (AvgIpc) is 2.14. The van der Waals surface area contributed by atoms with Crippen LogP contribution in [0.25, 0.3) is 0 Å². The minimum atomic E-state index is -4.30. The summed E-state index contributed by atoms with van der Waals surface area (Å²) in [4.78, 5) is 3.67. The molecule has 1 aromatic heterocycles. The van der Waals surface area contributed by atoms with Crippen molar-refractivity contribution in [3.05, 3.63) is 29.6 Å². The van der Waals surface area contributed by atoms with Crippen LogP contribution in [-0.4, -0.2) is 11.5 Å². The van der Waals surface area contributed by atoms with Crippen molar-refractivity contribution in [2.24, 2.45) is 5.73 Å². The molecule has 0 saturated carbocycles. The van der Waals surface area contributed by atoms with Crippen molar-refractivity contribution in [2.75, 3.05) is 6.54 Å². The fourth-order valence-corrected chi connectivity index (χ4v) is 1.20. The van der Waals surface area contributed by atoms with Crippen molar-refractivity contribution in [1.82, 2.24) is 4.98 Å². The Bertz CT molecular complexity index is 296. The van der Waals surface area contributed by atoms with E-state index in [0.717, 1.165) is 12.3 Å². The molecule has 0 atom stereocenters. The molecule has 1 heterocycles. The van der Waals surface area contributed by atoms with Gasteiger partial charge in [0.25, 0.3) is 0 Å². The van der Waals surface area contributed by atoms with Crippen LogP contribution in [0.5, 0.6) is 0 Å². The summed E-state index contributed by atoms with van der Waals surface area (Å²) >= 11 is 0. The number of aromatic nitrogens is 1. The SMILES string of the molecule is NCCCc1cnccc1C(F)(F)F. The monoisotopic (exact) mass is 204 g/mol. The number of hydrogen-bond acceptors (Lipinski definition) is 2. The quantitative estimate of drug-likeness (QED) is 0.817. The minimum absolute atomic E-state index is 0.213. The van der Waals surface area contributed by atoms with Gasteiger partial charge in [0.15, 0.2) is 0 Å². The zero-order chi connectivity index (χ0) is 10.6. The van der Waals surface area contributed by atoms with Crippen LogP contribution >= 0.6 is 0 Å². The van der Waals surface area contributed by atoms with Crippen molar-refractivity contribution in [3.63, 3.8) is 0 Å². The van der Waals surface area contributed by atoms with Crippen LogP contribution in [0, 0.1) is 0 Å². The lowest BCUT2D eigenvalue weighted by Crippen LogP contribution is -2.10. The van der Waals surface area contributed by atoms with Crippen LogP contribution in [0.3, 0.4) is 0 Å². The molecule has 0 unspecified atom stereocenters. The van der Waals surface area contributed by atoms with Crippen LogP contribution in [0.4, 0.5) is 13.2 Å². The summed E-state index contributed by atoms with van der Waals surface area (Å²) in [7, 11) is 0. The molecular weight excluding hydrogens is 193 g/mol. The van der Waals surface area contributed by atoms with Crippen molar-refractivity contribution in [2.45, 2.75) is 19.0 Å². The molecule has 5 heteroatoms. The van der Waals surface area contributed by atoms with Crippen LogP contribution in [0.2, 0.25) is 0 Å². The third kappa shape index (κ3) is 2.70. The number of rotatable bonds is 3. The topological polar surface area (TPSA) is 38.9 Å². The van der Waals surface area contributed by atoms with E-state index in [1.54, 1.807) is 0 Å². The van der Waals surface area contributed by atoms with Crippen molar-refractivity contribution in [1.29, 1.82) is 0 Å². The summed E-state index contributed by atoms with van der Waals surface area (Å²) in [6.45, 7) is 0.381. The second-order valence-corrected chi connectivity index (χ2v) is 2.92. The lowest BCUT2D eigenvalue weighted by Gasteiger charge is -2.11. The summed E-state index contributed by atoms with van der Waals surface area (Å²) in [6, 6.07) is 0.992. The number of pyridine rings is 1. The molecule has 0 radical (unpaired) electrons. The molecule has 2 nitrogen and oxygen atoms in total. The Morgan fingerprint density at radius 2 is 2.07 bits per heavy atom. The second kappa shape index (κ2) is 4.41. The first-order valence-electron chi connectivity index (χ1n) is 4.26. The van der Waals surface area contributed by atoms with Crippen molar-refractivity contribution >= 4 is 0 Å². The van der Waals surface area contributed by atoms with E-state index in [1.165, 1.54) is 6.20 Å². The van der Waals surface area contributed by atoms with E-state index < -0.39 is 11.7 Å². The zero-order valence-electron chi connectivity index (χ0n) is 7.51. The molecule has 0 saturated heterocycles. The number of nitrogens with two attached hydrogens (primary N) is 1. The molecule has 14 heavy (non-hydrogen) atoms. The molecule has 0 aromatic carbocycles. The molecule has 0 aliphatic heterocycles. The molecule has 0 amide bonds. The average molecular weight is 204 g/mol. The first-order chi connectivity index (χ1) is 6.55. The van der Waals surface area contributed by atoms with Crippen LogP contribution < -0.4 is 5.73 Å². The molecule has 1 rings (SSSR count). The molecule has 0 spiro atoms. The van der Waals surface area contributed by atoms with Gasteiger partial charge in [-0.25, -0.2) is 0 Å². The Hall–Kier alpha value is -1.10. The first kappa shape index (κ1) is 11.0. The molecule has 78 valence electrons. The van der Waals surface area contributed by atoms with E-state index in [1.807, 2.05) is 0 Å². The number of nitrogens with zero attached hydrogens (tertiary/aromatic N) is 1. The summed E-state index contributed by atoms with van der Waals surface area (Å²) in [6.07, 6.45) is -1.05. The van der Waals surface area contributed by atoms with E-state index in [4.69, 9.17) is 5.73 Å². The van der Waals surface area contributed by atoms with E-state index >= 15 is 0 Å². The van der Waals surface area contributed by atoms with Crippen LogP contribution in [0.1, 0.15) is 17.5 Å². The van der Waals surface area contributed by atoms with Gasteiger partial charge in [-0.05, 0) is 31.0 Å². The fourth-order valence-electron chi connectivity index (χ4n) is 1.20. The highest BCUT2D eigenvalue weighted by atomic mass is 19.4. The fraction of sp³-hybridized carbons (Fsp3) is 0.444. The Kier molecular flexibility index (Phi) is 3.46. The molecule has 0 aliphatic carbocycles. The molecule has 0 bridgehead atoms. The molecule has 0 aliphatic rings. The van der Waals surface area contributed by atoms with Gasteiger partial charge in [0.1, 0.15) is 0 Å². The molecule has 1 aromatic rings. The Labute approximate surface area is 79.9 Å². The normalized spacial score (nSPS) is 11.7. The van der Waals surface area contributed by atoms with Crippen LogP contribution in [0.15, 0.2) is 18.5 Å². The second-order valence-electron chi connectivity index (χ2n) is 2.92. The van der Waals surface area contributed by atoms with E-state index in [9.17, 15) is 13.2 Å². The van der Waals surface area contributed by atoms with Gasteiger partial charge in [0.05, 0.1) is 5.56 Å². The smallest absolute Gasteiger partial charge is 0.330 e. The minimum Gasteiger partial charge on any atom is -0.330 e. The van der Waals surface area contributed by atoms with Gasteiger partial charge in [-0.15, -0.1) is 0 Å². The molecule has 2 N–H and O–H groups in total. The van der Waals surface area contributed by atoms with Gasteiger partial charge >= 0.3 is 6.18 Å². The first-order valence-corrected chi connectivity index (χ1v) is 4.26. The molecular formula is C9H11F3N2. The highest BCUT2D eigenvalue weighted by molar-refractivity contribution is 5.26. The van der Waals surface area contributed by atoms with Gasteiger partial charge < -0.3 is 5.73 Å². The molecule has 0 fully saturated rings. The predicted molar refractivity (Wildman–Crippen MR) is 46.6 cm³/mol. The predicted octanol–water partition coefficient (Wildman–Crippen LogP) is 1.99. The Morgan fingerprint density at radius 1 is 1.36 bits per heavy atom. The third-order valence-electron chi connectivity index (χ3n) is 1.86. The number of aryl methyl sites for hydroxylation is 1. The third-order valence-corrected chi connectivity index (χ3v) is 1.86. The van der Waals surface area contributed by atoms with Crippen LogP contribution in [-0.2, 0) is 12.6 Å². The Balaban J connectivity index is 2.92. The summed E-state index contributed by atoms with van der Waals surface area (Å²) in [5.74, 6) is 0. The van der Waals surface area contributed by atoms with Gasteiger partial charge in [-0.2, -0.15) is 13.2 Å². The van der Waals surface area contributed by atoms with E-state index in [-0.39, 0.29) is 5.56 Å². The highest BCUT2D eigenvalue weighted by Crippen LogP contribution is 2.31. The maximum absolute atomic E-state index is 12.4. The largest absolute Gasteiger partial charge is 0.416 e. The van der Waals surface area contributed by atoms with Crippen molar-refractivity contribution < 1.29 is 13.2 Å². The van der Waals surface area contributed by atoms with Crippen molar-refractivity contribution in [3.8, 4) is 0 Å². The number of halogens is 3. The van der Waals surface area contributed by atoms with Gasteiger partial charge in [0.2, 0.25) is 0 Å². The van der Waals surface area contributed by atoms with Gasteiger partial charge in [-0.3, -0.25) is 4.98 Å². The lowest BCUT2D eigenvalue weighted by molar-refractivity contribution is -0.138. The van der Waals surface area contributed by atoms with E-state index in [0.29, 0.717) is 19.4 Å². The maximum atomic E-state index is 12.4. The lowest BCUT2D eigenvalue weighted by atomic mass is 10.1. The standard InChI is InChI=1S/C9H11F3N2/c10-9(11,12)8-3-5-14-6-7(8)2-1-4-13/h3,5-6H,1-2,4,13H2. The zero-order valence-corrected chi connectivity index (χ0v) is 7.51. The summed E-state index contributed by atoms with van der Waals surface area (Å²) < 4.78 is 37.2. The Morgan fingerprint density at radius 3 is 2.64 bits per heavy atom. The summed E-state index contributed by atoms with van der Waals surface area (Å²) in [5, 5.41) is 0. The highest BCUT2D eigenvalue weighted by Gasteiger charge is 2.32. The maximum Gasteiger partial charge on any atom is 0.416 e. The summed E-state index contributed by atoms with van der Waals surface area (Å²) in [5.41, 5.74) is 4.84. The number of hydrogen-bond donors (Lipinski definition) is 1. The van der Waals surface area contributed by atoms with Gasteiger partial charge in [-0.1, -0.05) is 0 Å². The van der Waals surface area contributed by atoms with E-state index in [2.05, 4.69) is 4.98 Å². The van der Waals surface area contributed by atoms with Gasteiger partial charge in [0, 0.05) is 12.4 Å².